The summed E-state index contributed by atoms with van der Waals surface area (Å²) in [5, 5.41) is 2.79. The SMILES string of the molecule is CN(CC(=O)Nc1ccc(F)cc1)C1CCCCC1CN. The van der Waals surface area contributed by atoms with Crippen molar-refractivity contribution in [2.75, 3.05) is 25.5 Å². The number of rotatable bonds is 5. The maximum absolute atomic E-state index is 12.8. The molecule has 0 aromatic heterocycles. The number of likely N-dealkylation sites (N-methyl/N-ethyl adjacent to an activating group) is 1. The van der Waals surface area contributed by atoms with Crippen LogP contribution in [0.5, 0.6) is 0 Å². The minimum Gasteiger partial charge on any atom is -0.330 e. The summed E-state index contributed by atoms with van der Waals surface area (Å²) in [5.41, 5.74) is 6.46. The summed E-state index contributed by atoms with van der Waals surface area (Å²) in [6.07, 6.45) is 4.67. The van der Waals surface area contributed by atoms with Crippen molar-refractivity contribution in [1.29, 1.82) is 0 Å². The van der Waals surface area contributed by atoms with Crippen LogP contribution in [-0.2, 0) is 4.79 Å². The van der Waals surface area contributed by atoms with E-state index in [9.17, 15) is 9.18 Å². The summed E-state index contributed by atoms with van der Waals surface area (Å²) < 4.78 is 12.8. The second kappa shape index (κ2) is 7.52. The van der Waals surface area contributed by atoms with E-state index in [1.807, 2.05) is 7.05 Å². The van der Waals surface area contributed by atoms with Gasteiger partial charge in [-0.15, -0.1) is 0 Å². The number of nitrogens with two attached hydrogens (primary N) is 1. The summed E-state index contributed by atoms with van der Waals surface area (Å²) in [6.45, 7) is 1.01. The molecule has 0 heterocycles. The van der Waals surface area contributed by atoms with Crippen LogP contribution in [0.15, 0.2) is 24.3 Å². The highest BCUT2D eigenvalue weighted by Gasteiger charge is 2.28. The number of hydrogen-bond donors (Lipinski definition) is 2. The third-order valence-electron chi connectivity index (χ3n) is 4.26. The van der Waals surface area contributed by atoms with Crippen molar-refractivity contribution < 1.29 is 9.18 Å². The molecule has 0 spiro atoms. The molecule has 1 aromatic carbocycles. The lowest BCUT2D eigenvalue weighted by Gasteiger charge is -2.37. The molecule has 5 heteroatoms. The van der Waals surface area contributed by atoms with Crippen LogP contribution < -0.4 is 11.1 Å². The standard InChI is InChI=1S/C16H24FN3O/c1-20(15-5-3-2-4-12(15)10-18)11-16(21)19-14-8-6-13(17)7-9-14/h6-9,12,15H,2-5,10-11,18H2,1H3,(H,19,21). The quantitative estimate of drug-likeness (QED) is 0.875. The molecule has 2 unspecified atom stereocenters. The number of carbonyl (C=O) groups is 1. The third kappa shape index (κ3) is 4.51. The Balaban J connectivity index is 1.87. The monoisotopic (exact) mass is 293 g/mol. The van der Waals surface area contributed by atoms with Crippen molar-refractivity contribution in [2.45, 2.75) is 31.7 Å². The molecule has 0 radical (unpaired) electrons. The Hall–Kier alpha value is -1.46. The fourth-order valence-corrected chi connectivity index (χ4v) is 3.12. The minimum atomic E-state index is -0.307. The van der Waals surface area contributed by atoms with Gasteiger partial charge < -0.3 is 11.1 Å². The molecular formula is C16H24FN3O. The Morgan fingerprint density at radius 2 is 2.00 bits per heavy atom. The Labute approximate surface area is 125 Å². The van der Waals surface area contributed by atoms with Gasteiger partial charge in [-0.25, -0.2) is 4.39 Å². The molecule has 116 valence electrons. The topological polar surface area (TPSA) is 58.4 Å². The Kier molecular flexibility index (Phi) is 5.70. The van der Waals surface area contributed by atoms with Gasteiger partial charge in [0.15, 0.2) is 0 Å². The fraction of sp³-hybridized carbons (Fsp3) is 0.562. The van der Waals surface area contributed by atoms with E-state index in [0.717, 1.165) is 12.8 Å². The van der Waals surface area contributed by atoms with Crippen LogP contribution in [0, 0.1) is 11.7 Å². The molecule has 21 heavy (non-hydrogen) atoms. The molecular weight excluding hydrogens is 269 g/mol. The molecule has 1 aromatic rings. The van der Waals surface area contributed by atoms with Gasteiger partial charge >= 0.3 is 0 Å². The predicted octanol–water partition coefficient (Wildman–Crippen LogP) is 2.21. The average molecular weight is 293 g/mol. The zero-order chi connectivity index (χ0) is 15.2. The largest absolute Gasteiger partial charge is 0.330 e. The van der Waals surface area contributed by atoms with Crippen molar-refractivity contribution in [3.05, 3.63) is 30.1 Å². The Morgan fingerprint density at radius 3 is 2.67 bits per heavy atom. The second-order valence-electron chi connectivity index (χ2n) is 5.82. The van der Waals surface area contributed by atoms with E-state index < -0.39 is 0 Å². The van der Waals surface area contributed by atoms with Crippen molar-refractivity contribution in [3.8, 4) is 0 Å². The van der Waals surface area contributed by atoms with Crippen LogP contribution in [0.4, 0.5) is 10.1 Å². The maximum Gasteiger partial charge on any atom is 0.238 e. The van der Waals surface area contributed by atoms with Crippen LogP contribution in [0.25, 0.3) is 0 Å². The zero-order valence-corrected chi connectivity index (χ0v) is 12.5. The Morgan fingerprint density at radius 1 is 1.33 bits per heavy atom. The summed E-state index contributed by atoms with van der Waals surface area (Å²) in [7, 11) is 1.98. The second-order valence-corrected chi connectivity index (χ2v) is 5.82. The summed E-state index contributed by atoms with van der Waals surface area (Å²) in [6, 6.07) is 6.19. The highest BCUT2D eigenvalue weighted by molar-refractivity contribution is 5.92. The van der Waals surface area contributed by atoms with E-state index in [2.05, 4.69) is 10.2 Å². The van der Waals surface area contributed by atoms with Crippen LogP contribution in [0.3, 0.4) is 0 Å². The van der Waals surface area contributed by atoms with Crippen molar-refractivity contribution in [1.82, 2.24) is 4.90 Å². The van der Waals surface area contributed by atoms with Gasteiger partial charge in [0.1, 0.15) is 5.82 Å². The predicted molar refractivity (Wildman–Crippen MR) is 82.5 cm³/mol. The molecule has 0 saturated heterocycles. The number of nitrogens with zero attached hydrogens (tertiary/aromatic N) is 1. The van der Waals surface area contributed by atoms with Gasteiger partial charge in [-0.1, -0.05) is 12.8 Å². The van der Waals surface area contributed by atoms with Crippen molar-refractivity contribution in [3.63, 3.8) is 0 Å². The first kappa shape index (κ1) is 15.9. The normalized spacial score (nSPS) is 22.3. The van der Waals surface area contributed by atoms with Gasteiger partial charge in [0.05, 0.1) is 6.54 Å². The van der Waals surface area contributed by atoms with E-state index in [1.54, 1.807) is 12.1 Å². The summed E-state index contributed by atoms with van der Waals surface area (Å²) in [5.74, 6) is 0.0888. The van der Waals surface area contributed by atoms with Gasteiger partial charge in [-0.2, -0.15) is 0 Å². The number of halogens is 1. The Bertz CT molecular complexity index is 463. The van der Waals surface area contributed by atoms with E-state index in [0.29, 0.717) is 30.7 Å². The van der Waals surface area contributed by atoms with Crippen LogP contribution >= 0.6 is 0 Å². The molecule has 1 amide bonds. The summed E-state index contributed by atoms with van der Waals surface area (Å²) in [4.78, 5) is 14.2. The molecule has 1 aliphatic carbocycles. The maximum atomic E-state index is 12.8. The summed E-state index contributed by atoms with van der Waals surface area (Å²) >= 11 is 0. The molecule has 0 bridgehead atoms. The van der Waals surface area contributed by atoms with E-state index in [-0.39, 0.29) is 11.7 Å². The van der Waals surface area contributed by atoms with E-state index in [4.69, 9.17) is 5.73 Å². The smallest absolute Gasteiger partial charge is 0.238 e. The van der Waals surface area contributed by atoms with Crippen LogP contribution in [-0.4, -0.2) is 37.0 Å². The molecule has 2 atom stereocenters. The van der Waals surface area contributed by atoms with Crippen LogP contribution in [0.2, 0.25) is 0 Å². The molecule has 1 fully saturated rings. The third-order valence-corrected chi connectivity index (χ3v) is 4.26. The molecule has 0 aliphatic heterocycles. The number of anilines is 1. The molecule has 1 saturated carbocycles. The van der Waals surface area contributed by atoms with E-state index in [1.165, 1.54) is 25.0 Å². The molecule has 3 N–H and O–H groups in total. The fourth-order valence-electron chi connectivity index (χ4n) is 3.12. The zero-order valence-electron chi connectivity index (χ0n) is 12.5. The van der Waals surface area contributed by atoms with Gasteiger partial charge in [0.2, 0.25) is 5.91 Å². The molecule has 1 aliphatic rings. The number of nitrogens with one attached hydrogen (secondary N) is 1. The van der Waals surface area contributed by atoms with Gasteiger partial charge in [-0.05, 0) is 56.6 Å². The lowest BCUT2D eigenvalue weighted by Crippen LogP contribution is -2.45. The number of hydrogen-bond acceptors (Lipinski definition) is 3. The molecule has 2 rings (SSSR count). The van der Waals surface area contributed by atoms with Crippen LogP contribution in [0.1, 0.15) is 25.7 Å². The van der Waals surface area contributed by atoms with Gasteiger partial charge in [0.25, 0.3) is 0 Å². The first-order valence-electron chi connectivity index (χ1n) is 7.56. The number of benzene rings is 1. The van der Waals surface area contributed by atoms with E-state index >= 15 is 0 Å². The van der Waals surface area contributed by atoms with Crippen molar-refractivity contribution in [2.24, 2.45) is 11.7 Å². The average Bonchev–Trinajstić information content (AvgIpc) is 2.49. The highest BCUT2D eigenvalue weighted by atomic mass is 19.1. The lowest BCUT2D eigenvalue weighted by atomic mass is 9.84. The number of amides is 1. The lowest BCUT2D eigenvalue weighted by molar-refractivity contribution is -0.117. The minimum absolute atomic E-state index is 0.0783. The van der Waals surface area contributed by atoms with Gasteiger partial charge in [-0.3, -0.25) is 9.69 Å². The molecule has 4 nitrogen and oxygen atoms in total. The first-order chi connectivity index (χ1) is 10.1. The number of carbonyl (C=O) groups excluding carboxylic acids is 1. The van der Waals surface area contributed by atoms with Gasteiger partial charge in [0, 0.05) is 11.7 Å². The van der Waals surface area contributed by atoms with Crippen molar-refractivity contribution >= 4 is 11.6 Å². The first-order valence-corrected chi connectivity index (χ1v) is 7.56. The highest BCUT2D eigenvalue weighted by Crippen LogP contribution is 2.27.